The van der Waals surface area contributed by atoms with E-state index in [1.165, 1.54) is 0 Å². The summed E-state index contributed by atoms with van der Waals surface area (Å²) < 4.78 is 39.3. The van der Waals surface area contributed by atoms with Crippen LogP contribution in [0, 0.1) is 17.5 Å². The van der Waals surface area contributed by atoms with Gasteiger partial charge in [-0.3, -0.25) is 4.79 Å². The van der Waals surface area contributed by atoms with Crippen LogP contribution in [0.15, 0.2) is 12.1 Å². The number of hydrogen-bond acceptors (Lipinski definition) is 2. The van der Waals surface area contributed by atoms with Crippen LogP contribution in [0.5, 0.6) is 0 Å². The van der Waals surface area contributed by atoms with E-state index in [-0.39, 0.29) is 0 Å². The number of anilines is 1. The Labute approximate surface area is 119 Å². The molecule has 0 saturated heterocycles. The van der Waals surface area contributed by atoms with Crippen LogP contribution >= 0.6 is 0 Å². The summed E-state index contributed by atoms with van der Waals surface area (Å²) >= 11 is 0. The molecule has 0 heterocycles. The molecule has 0 aliphatic carbocycles. The molecule has 0 bridgehead atoms. The first kappa shape index (κ1) is 16.8. The minimum absolute atomic E-state index is 0.422. The Hall–Kier alpha value is -2.25. The third kappa shape index (κ3) is 4.11. The molecule has 0 aliphatic heterocycles. The fourth-order valence-corrected chi connectivity index (χ4v) is 1.60. The summed E-state index contributed by atoms with van der Waals surface area (Å²) in [6.45, 7) is 2.77. The van der Waals surface area contributed by atoms with Crippen molar-refractivity contribution in [1.29, 1.82) is 0 Å². The highest BCUT2D eigenvalue weighted by atomic mass is 19.2. The summed E-state index contributed by atoms with van der Waals surface area (Å²) in [6.07, 6.45) is 0.473. The molecule has 0 spiro atoms. The molecule has 8 heteroatoms. The molecule has 2 amide bonds. The number of amides is 2. The van der Waals surface area contributed by atoms with E-state index in [9.17, 15) is 22.8 Å². The summed E-state index contributed by atoms with van der Waals surface area (Å²) in [5, 5.41) is 10.8. The first-order chi connectivity index (χ1) is 9.77. The van der Waals surface area contributed by atoms with Crippen LogP contribution in [-0.2, 0) is 4.79 Å². The van der Waals surface area contributed by atoms with Crippen molar-refractivity contribution in [2.45, 2.75) is 26.3 Å². The largest absolute Gasteiger partial charge is 0.480 e. The van der Waals surface area contributed by atoms with Gasteiger partial charge in [0.05, 0.1) is 5.69 Å². The van der Waals surface area contributed by atoms with Gasteiger partial charge < -0.3 is 15.3 Å². The van der Waals surface area contributed by atoms with Gasteiger partial charge in [-0.05, 0) is 25.5 Å². The lowest BCUT2D eigenvalue weighted by Gasteiger charge is -2.27. The maximum atomic E-state index is 13.5. The summed E-state index contributed by atoms with van der Waals surface area (Å²) in [7, 11) is 0. The Morgan fingerprint density at radius 3 is 2.43 bits per heavy atom. The number of carboxylic acids is 1. The Morgan fingerprint density at radius 1 is 1.29 bits per heavy atom. The quantitative estimate of drug-likeness (QED) is 0.822. The van der Waals surface area contributed by atoms with Crippen molar-refractivity contribution in [3.8, 4) is 0 Å². The zero-order chi connectivity index (χ0) is 16.2. The first-order valence-electron chi connectivity index (χ1n) is 6.20. The van der Waals surface area contributed by atoms with Gasteiger partial charge in [0, 0.05) is 6.04 Å². The van der Waals surface area contributed by atoms with E-state index in [2.05, 4.69) is 0 Å². The van der Waals surface area contributed by atoms with Gasteiger partial charge in [-0.15, -0.1) is 0 Å². The molecule has 0 fully saturated rings. The smallest absolute Gasteiger partial charge is 0.323 e. The second-order valence-electron chi connectivity index (χ2n) is 4.43. The molecule has 116 valence electrons. The number of nitrogens with zero attached hydrogens (tertiary/aromatic N) is 1. The van der Waals surface area contributed by atoms with E-state index in [1.54, 1.807) is 13.8 Å². The van der Waals surface area contributed by atoms with Gasteiger partial charge >= 0.3 is 12.0 Å². The Kier molecular flexibility index (Phi) is 5.57. The average molecular weight is 304 g/mol. The van der Waals surface area contributed by atoms with E-state index in [0.29, 0.717) is 12.5 Å². The van der Waals surface area contributed by atoms with Crippen molar-refractivity contribution in [1.82, 2.24) is 4.90 Å². The lowest BCUT2D eigenvalue weighted by Crippen LogP contribution is -2.44. The van der Waals surface area contributed by atoms with E-state index in [0.717, 1.165) is 11.0 Å². The molecule has 0 aromatic heterocycles. The molecule has 0 radical (unpaired) electrons. The van der Waals surface area contributed by atoms with Gasteiger partial charge in [0.2, 0.25) is 0 Å². The maximum Gasteiger partial charge on any atom is 0.323 e. The molecule has 1 atom stereocenters. The van der Waals surface area contributed by atoms with Gasteiger partial charge in [0.25, 0.3) is 0 Å². The molecule has 5 nitrogen and oxygen atoms in total. The lowest BCUT2D eigenvalue weighted by atomic mass is 10.2. The summed E-state index contributed by atoms with van der Waals surface area (Å²) in [5.41, 5.74) is -0.558. The van der Waals surface area contributed by atoms with Gasteiger partial charge in [0.1, 0.15) is 6.54 Å². The van der Waals surface area contributed by atoms with Crippen LogP contribution in [0.2, 0.25) is 0 Å². The van der Waals surface area contributed by atoms with Crippen molar-refractivity contribution in [2.75, 3.05) is 11.9 Å². The molecule has 21 heavy (non-hydrogen) atoms. The molecule has 1 aromatic rings. The summed E-state index contributed by atoms with van der Waals surface area (Å²) in [4.78, 5) is 23.7. The van der Waals surface area contributed by atoms with Crippen LogP contribution in [0.1, 0.15) is 20.3 Å². The van der Waals surface area contributed by atoms with Crippen molar-refractivity contribution >= 4 is 17.7 Å². The molecule has 0 aliphatic rings. The van der Waals surface area contributed by atoms with E-state index >= 15 is 0 Å². The van der Waals surface area contributed by atoms with Gasteiger partial charge in [-0.1, -0.05) is 6.92 Å². The molecule has 1 aromatic carbocycles. The number of carboxylic acid groups (broad SMARTS) is 1. The fourth-order valence-electron chi connectivity index (χ4n) is 1.60. The molecular formula is C13H15F3N2O3. The predicted molar refractivity (Wildman–Crippen MR) is 69.4 cm³/mol. The Balaban J connectivity index is 2.96. The van der Waals surface area contributed by atoms with Gasteiger partial charge in [0.15, 0.2) is 17.5 Å². The van der Waals surface area contributed by atoms with Gasteiger partial charge in [-0.2, -0.15) is 0 Å². The fraction of sp³-hybridized carbons (Fsp3) is 0.385. The van der Waals surface area contributed by atoms with E-state index in [1.807, 2.05) is 5.32 Å². The zero-order valence-electron chi connectivity index (χ0n) is 11.5. The van der Waals surface area contributed by atoms with Crippen molar-refractivity contribution in [3.63, 3.8) is 0 Å². The second-order valence-corrected chi connectivity index (χ2v) is 4.43. The first-order valence-corrected chi connectivity index (χ1v) is 6.20. The minimum atomic E-state index is -1.71. The van der Waals surface area contributed by atoms with E-state index in [4.69, 9.17) is 5.11 Å². The number of halogens is 3. The summed E-state index contributed by atoms with van der Waals surface area (Å²) in [5.74, 6) is -5.87. The van der Waals surface area contributed by atoms with Crippen LogP contribution in [0.25, 0.3) is 0 Å². The Bertz CT molecular complexity index is 552. The monoisotopic (exact) mass is 304 g/mol. The SMILES string of the molecule is CCC(C)N(CC(=O)O)C(=O)Nc1ccc(F)c(F)c1F. The van der Waals surface area contributed by atoms with Crippen molar-refractivity contribution in [2.24, 2.45) is 0 Å². The Morgan fingerprint density at radius 2 is 1.90 bits per heavy atom. The number of aliphatic carboxylic acids is 1. The van der Waals surface area contributed by atoms with Crippen LogP contribution < -0.4 is 5.32 Å². The number of nitrogens with one attached hydrogen (secondary N) is 1. The number of urea groups is 1. The number of hydrogen-bond donors (Lipinski definition) is 2. The third-order valence-corrected chi connectivity index (χ3v) is 2.97. The molecule has 1 rings (SSSR count). The summed E-state index contributed by atoms with van der Waals surface area (Å²) in [6, 6.07) is 0.200. The number of rotatable bonds is 5. The molecule has 1 unspecified atom stereocenters. The lowest BCUT2D eigenvalue weighted by molar-refractivity contribution is -0.138. The normalized spacial score (nSPS) is 11.9. The standard InChI is InChI=1S/C13H15F3N2O3/c1-3-7(2)18(6-10(19)20)13(21)17-9-5-4-8(14)11(15)12(9)16/h4-5,7H,3,6H2,1-2H3,(H,17,21)(H,19,20). The minimum Gasteiger partial charge on any atom is -0.480 e. The highest BCUT2D eigenvalue weighted by Crippen LogP contribution is 2.20. The van der Waals surface area contributed by atoms with Gasteiger partial charge in [-0.25, -0.2) is 18.0 Å². The number of benzene rings is 1. The number of carbonyl (C=O) groups is 2. The van der Waals surface area contributed by atoms with Crippen molar-refractivity contribution in [3.05, 3.63) is 29.6 Å². The average Bonchev–Trinajstić information content (AvgIpc) is 2.44. The molecule has 2 N–H and O–H groups in total. The zero-order valence-corrected chi connectivity index (χ0v) is 11.5. The maximum absolute atomic E-state index is 13.5. The topological polar surface area (TPSA) is 69.6 Å². The molecule has 0 saturated carbocycles. The molecular weight excluding hydrogens is 289 g/mol. The van der Waals surface area contributed by atoms with Crippen LogP contribution in [0.3, 0.4) is 0 Å². The van der Waals surface area contributed by atoms with Crippen molar-refractivity contribution < 1.29 is 27.9 Å². The third-order valence-electron chi connectivity index (χ3n) is 2.97. The number of carbonyl (C=O) groups excluding carboxylic acids is 1. The predicted octanol–water partition coefficient (Wildman–Crippen LogP) is 2.82. The van der Waals surface area contributed by atoms with E-state index < -0.39 is 47.7 Å². The highest BCUT2D eigenvalue weighted by Gasteiger charge is 2.23. The second kappa shape index (κ2) is 6.96. The highest BCUT2D eigenvalue weighted by molar-refractivity contribution is 5.91. The van der Waals surface area contributed by atoms with Crippen LogP contribution in [0.4, 0.5) is 23.7 Å². The van der Waals surface area contributed by atoms with Crippen LogP contribution in [-0.4, -0.2) is 34.6 Å².